The molecule has 6 nitrogen and oxygen atoms in total. The van der Waals surface area contributed by atoms with Crippen LogP contribution < -0.4 is 0 Å². The van der Waals surface area contributed by atoms with Gasteiger partial charge in [0.15, 0.2) is 5.76 Å². The molecule has 1 aromatic rings. The SMILES string of the molecule is CC(=O)CCC(=O)N1CCCN(C(=O)c2ccco2)CC1. The molecular weight excluding hydrogens is 272 g/mol. The molecule has 0 atom stereocenters. The lowest BCUT2D eigenvalue weighted by Gasteiger charge is -2.21. The average Bonchev–Trinajstić information content (AvgIpc) is 2.88. The molecule has 0 spiro atoms. The van der Waals surface area contributed by atoms with Crippen LogP contribution in [0.25, 0.3) is 0 Å². The number of nitrogens with zero attached hydrogens (tertiary/aromatic N) is 2. The molecule has 0 bridgehead atoms. The molecule has 2 amide bonds. The summed E-state index contributed by atoms with van der Waals surface area (Å²) in [6, 6.07) is 3.33. The van der Waals surface area contributed by atoms with Gasteiger partial charge < -0.3 is 19.0 Å². The fourth-order valence-electron chi connectivity index (χ4n) is 2.37. The van der Waals surface area contributed by atoms with Crippen molar-refractivity contribution >= 4 is 17.6 Å². The first-order valence-corrected chi connectivity index (χ1v) is 7.18. The van der Waals surface area contributed by atoms with E-state index in [9.17, 15) is 14.4 Å². The highest BCUT2D eigenvalue weighted by atomic mass is 16.3. The normalized spacial score (nSPS) is 15.7. The van der Waals surface area contributed by atoms with E-state index in [0.717, 1.165) is 6.42 Å². The average molecular weight is 292 g/mol. The van der Waals surface area contributed by atoms with E-state index in [4.69, 9.17) is 4.42 Å². The molecule has 0 unspecified atom stereocenters. The molecule has 6 heteroatoms. The van der Waals surface area contributed by atoms with Crippen LogP contribution in [0.2, 0.25) is 0 Å². The molecule has 0 aromatic carbocycles. The van der Waals surface area contributed by atoms with Crippen molar-refractivity contribution in [3.8, 4) is 0 Å². The third-order valence-electron chi connectivity index (χ3n) is 3.56. The number of furan rings is 1. The van der Waals surface area contributed by atoms with Gasteiger partial charge in [-0.3, -0.25) is 9.59 Å². The van der Waals surface area contributed by atoms with Crippen LogP contribution in [0.4, 0.5) is 0 Å². The molecule has 0 aliphatic carbocycles. The first-order valence-electron chi connectivity index (χ1n) is 7.18. The number of ketones is 1. The van der Waals surface area contributed by atoms with Crippen LogP contribution in [-0.4, -0.2) is 53.6 Å². The van der Waals surface area contributed by atoms with Gasteiger partial charge in [0, 0.05) is 39.0 Å². The lowest BCUT2D eigenvalue weighted by Crippen LogP contribution is -2.37. The third-order valence-corrected chi connectivity index (χ3v) is 3.56. The number of hydrogen-bond donors (Lipinski definition) is 0. The second kappa shape index (κ2) is 7.06. The third kappa shape index (κ3) is 4.18. The monoisotopic (exact) mass is 292 g/mol. The van der Waals surface area contributed by atoms with Gasteiger partial charge in [-0.05, 0) is 25.5 Å². The Morgan fingerprint density at radius 1 is 1.10 bits per heavy atom. The van der Waals surface area contributed by atoms with Crippen LogP contribution >= 0.6 is 0 Å². The van der Waals surface area contributed by atoms with Gasteiger partial charge in [-0.25, -0.2) is 0 Å². The van der Waals surface area contributed by atoms with Crippen molar-refractivity contribution in [3.63, 3.8) is 0 Å². The van der Waals surface area contributed by atoms with Crippen molar-refractivity contribution in [2.24, 2.45) is 0 Å². The Morgan fingerprint density at radius 2 is 1.81 bits per heavy atom. The van der Waals surface area contributed by atoms with E-state index in [-0.39, 0.29) is 30.4 Å². The molecule has 0 radical (unpaired) electrons. The summed E-state index contributed by atoms with van der Waals surface area (Å²) in [6.07, 6.45) is 2.74. The highest BCUT2D eigenvalue weighted by Crippen LogP contribution is 2.11. The summed E-state index contributed by atoms with van der Waals surface area (Å²) in [5.41, 5.74) is 0. The van der Waals surface area contributed by atoms with Crippen LogP contribution in [0.5, 0.6) is 0 Å². The quantitative estimate of drug-likeness (QED) is 0.839. The molecule has 1 aliphatic heterocycles. The summed E-state index contributed by atoms with van der Waals surface area (Å²) in [7, 11) is 0. The van der Waals surface area contributed by atoms with Crippen molar-refractivity contribution in [2.45, 2.75) is 26.2 Å². The zero-order chi connectivity index (χ0) is 15.2. The van der Waals surface area contributed by atoms with Crippen molar-refractivity contribution in [1.82, 2.24) is 9.80 Å². The van der Waals surface area contributed by atoms with E-state index in [1.54, 1.807) is 21.9 Å². The van der Waals surface area contributed by atoms with Gasteiger partial charge in [-0.15, -0.1) is 0 Å². The van der Waals surface area contributed by atoms with Crippen LogP contribution in [0.3, 0.4) is 0 Å². The zero-order valence-electron chi connectivity index (χ0n) is 12.2. The Balaban J connectivity index is 1.88. The predicted molar refractivity (Wildman–Crippen MR) is 75.7 cm³/mol. The maximum Gasteiger partial charge on any atom is 0.289 e. The van der Waals surface area contributed by atoms with Gasteiger partial charge in [0.05, 0.1) is 6.26 Å². The molecule has 1 fully saturated rings. The Labute approximate surface area is 123 Å². The number of Topliss-reactive ketones (excluding diaryl/α,β-unsaturated/α-hetero) is 1. The Kier molecular flexibility index (Phi) is 5.14. The largest absolute Gasteiger partial charge is 0.459 e. The molecule has 114 valence electrons. The van der Waals surface area contributed by atoms with Gasteiger partial charge >= 0.3 is 0 Å². The van der Waals surface area contributed by atoms with E-state index >= 15 is 0 Å². The van der Waals surface area contributed by atoms with E-state index in [1.165, 1.54) is 13.2 Å². The molecule has 1 saturated heterocycles. The molecule has 0 saturated carbocycles. The molecule has 0 N–H and O–H groups in total. The molecular formula is C15H20N2O4. The van der Waals surface area contributed by atoms with Gasteiger partial charge in [-0.2, -0.15) is 0 Å². The first kappa shape index (κ1) is 15.3. The fraction of sp³-hybridized carbons (Fsp3) is 0.533. The molecule has 21 heavy (non-hydrogen) atoms. The standard InChI is InChI=1S/C15H20N2O4/c1-12(18)5-6-14(19)16-7-3-8-17(10-9-16)15(20)13-4-2-11-21-13/h2,4,11H,3,5-10H2,1H3. The van der Waals surface area contributed by atoms with Crippen molar-refractivity contribution in [3.05, 3.63) is 24.2 Å². The summed E-state index contributed by atoms with van der Waals surface area (Å²) in [5.74, 6) is 0.190. The van der Waals surface area contributed by atoms with Gasteiger partial charge in [0.25, 0.3) is 5.91 Å². The van der Waals surface area contributed by atoms with E-state index in [2.05, 4.69) is 0 Å². The van der Waals surface area contributed by atoms with Crippen molar-refractivity contribution in [2.75, 3.05) is 26.2 Å². The second-order valence-corrected chi connectivity index (χ2v) is 5.21. The van der Waals surface area contributed by atoms with E-state index < -0.39 is 0 Å². The Bertz CT molecular complexity index is 510. The maximum atomic E-state index is 12.2. The topological polar surface area (TPSA) is 70.8 Å². The summed E-state index contributed by atoms with van der Waals surface area (Å²) in [4.78, 5) is 38.6. The lowest BCUT2D eigenvalue weighted by molar-refractivity contribution is -0.132. The first-order chi connectivity index (χ1) is 10.1. The summed E-state index contributed by atoms with van der Waals surface area (Å²) in [5, 5.41) is 0. The zero-order valence-corrected chi connectivity index (χ0v) is 12.2. The smallest absolute Gasteiger partial charge is 0.289 e. The number of carbonyl (C=O) groups is 3. The minimum absolute atomic E-state index is 0.0162. The molecule has 2 heterocycles. The van der Waals surface area contributed by atoms with Gasteiger partial charge in [-0.1, -0.05) is 0 Å². The van der Waals surface area contributed by atoms with Crippen LogP contribution in [0.15, 0.2) is 22.8 Å². The van der Waals surface area contributed by atoms with Crippen molar-refractivity contribution < 1.29 is 18.8 Å². The molecule has 2 rings (SSSR count). The van der Waals surface area contributed by atoms with E-state index in [0.29, 0.717) is 31.9 Å². The summed E-state index contributed by atoms with van der Waals surface area (Å²) in [6.45, 7) is 3.71. The number of carbonyl (C=O) groups excluding carboxylic acids is 3. The fourth-order valence-corrected chi connectivity index (χ4v) is 2.37. The Morgan fingerprint density at radius 3 is 2.48 bits per heavy atom. The van der Waals surface area contributed by atoms with Gasteiger partial charge in [0.1, 0.15) is 5.78 Å². The van der Waals surface area contributed by atoms with Crippen LogP contribution in [0, 0.1) is 0 Å². The maximum absolute atomic E-state index is 12.2. The van der Waals surface area contributed by atoms with Crippen LogP contribution in [0.1, 0.15) is 36.7 Å². The Hall–Kier alpha value is -2.11. The number of hydrogen-bond acceptors (Lipinski definition) is 4. The summed E-state index contributed by atoms with van der Waals surface area (Å²) < 4.78 is 5.12. The lowest BCUT2D eigenvalue weighted by atomic mass is 10.2. The number of rotatable bonds is 4. The highest BCUT2D eigenvalue weighted by molar-refractivity contribution is 5.91. The summed E-state index contributed by atoms with van der Waals surface area (Å²) >= 11 is 0. The minimum atomic E-state index is -0.141. The minimum Gasteiger partial charge on any atom is -0.459 e. The number of amides is 2. The molecule has 1 aromatic heterocycles. The van der Waals surface area contributed by atoms with Crippen molar-refractivity contribution in [1.29, 1.82) is 0 Å². The highest BCUT2D eigenvalue weighted by Gasteiger charge is 2.23. The van der Waals surface area contributed by atoms with Crippen LogP contribution in [-0.2, 0) is 9.59 Å². The van der Waals surface area contributed by atoms with Gasteiger partial charge in [0.2, 0.25) is 5.91 Å². The molecule has 1 aliphatic rings. The predicted octanol–water partition coefficient (Wildman–Crippen LogP) is 1.32. The van der Waals surface area contributed by atoms with E-state index in [1.807, 2.05) is 0 Å². The second-order valence-electron chi connectivity index (χ2n) is 5.21.